The first-order valence-electron chi connectivity index (χ1n) is 11.2. The van der Waals surface area contributed by atoms with Crippen molar-refractivity contribution in [3.8, 4) is 11.1 Å². The van der Waals surface area contributed by atoms with Gasteiger partial charge in [-0.25, -0.2) is 8.42 Å². The zero-order valence-corrected chi connectivity index (χ0v) is 19.0. The molecular weight excluding hydrogens is 469 g/mol. The zero-order chi connectivity index (χ0) is 24.3. The Kier molecular flexibility index (Phi) is 5.55. The predicted octanol–water partition coefficient (Wildman–Crippen LogP) is 4.21. The number of sulfonamides is 1. The Morgan fingerprint density at radius 1 is 0.794 bits per heavy atom. The van der Waals surface area contributed by atoms with Crippen LogP contribution >= 0.6 is 0 Å². The van der Waals surface area contributed by atoms with Gasteiger partial charge in [-0.05, 0) is 61.1 Å². The molecule has 0 saturated carbocycles. The first kappa shape index (κ1) is 23.0. The second kappa shape index (κ2) is 8.20. The quantitative estimate of drug-likeness (QED) is 0.600. The fourth-order valence-corrected chi connectivity index (χ4v) is 7.42. The van der Waals surface area contributed by atoms with E-state index in [-0.39, 0.29) is 47.7 Å². The summed E-state index contributed by atoms with van der Waals surface area (Å²) in [6.45, 7) is 0. The fraction of sp³-hybridized carbons (Fsp3) is 0.417. The number of rotatable bonds is 4. The molecule has 10 heteroatoms. The van der Waals surface area contributed by atoms with Crippen LogP contribution in [-0.4, -0.2) is 47.6 Å². The molecule has 3 fully saturated rings. The Labute approximate surface area is 195 Å². The molecule has 3 aliphatic rings. The van der Waals surface area contributed by atoms with E-state index in [2.05, 4.69) is 0 Å². The Balaban J connectivity index is 1.37. The predicted molar refractivity (Wildman–Crippen MR) is 117 cm³/mol. The van der Waals surface area contributed by atoms with Gasteiger partial charge in [-0.2, -0.15) is 17.5 Å². The van der Waals surface area contributed by atoms with E-state index < -0.39 is 21.8 Å². The van der Waals surface area contributed by atoms with Crippen molar-refractivity contribution in [2.24, 2.45) is 0 Å². The van der Waals surface area contributed by atoms with E-state index in [1.54, 1.807) is 6.07 Å². The van der Waals surface area contributed by atoms with Gasteiger partial charge in [0.25, 0.3) is 0 Å². The second-order valence-electron chi connectivity index (χ2n) is 9.11. The van der Waals surface area contributed by atoms with Crippen LogP contribution in [0.15, 0.2) is 53.4 Å². The number of nitrogens with zero attached hydrogens (tertiary/aromatic N) is 2. The number of alkyl halides is 3. The fourth-order valence-electron chi connectivity index (χ4n) is 5.53. The molecule has 5 rings (SSSR count). The maximum Gasteiger partial charge on any atom is 0.416 e. The number of fused-ring (bicyclic) bond motifs is 2. The molecule has 3 aliphatic heterocycles. The third-order valence-corrected chi connectivity index (χ3v) is 9.07. The van der Waals surface area contributed by atoms with E-state index in [1.165, 1.54) is 39.5 Å². The van der Waals surface area contributed by atoms with E-state index in [4.69, 9.17) is 0 Å². The molecule has 3 heterocycles. The molecule has 180 valence electrons. The highest BCUT2D eigenvalue weighted by atomic mass is 32.2. The molecule has 2 aromatic rings. The van der Waals surface area contributed by atoms with Crippen molar-refractivity contribution in [2.45, 2.75) is 67.7 Å². The third-order valence-electron chi connectivity index (χ3n) is 7.05. The molecule has 2 amide bonds. The lowest BCUT2D eigenvalue weighted by molar-refractivity contribution is -0.142. The first-order chi connectivity index (χ1) is 16.1. The third kappa shape index (κ3) is 3.92. The van der Waals surface area contributed by atoms with Crippen LogP contribution in [0.5, 0.6) is 0 Å². The summed E-state index contributed by atoms with van der Waals surface area (Å²) in [7, 11) is -3.84. The van der Waals surface area contributed by atoms with Gasteiger partial charge in [0.05, 0.1) is 10.5 Å². The molecule has 2 unspecified atom stereocenters. The Bertz CT molecular complexity index is 1210. The molecule has 2 bridgehead atoms. The van der Waals surface area contributed by atoms with Crippen molar-refractivity contribution in [1.29, 1.82) is 0 Å². The van der Waals surface area contributed by atoms with Crippen LogP contribution in [0, 0.1) is 0 Å². The summed E-state index contributed by atoms with van der Waals surface area (Å²) in [5, 5.41) is 0. The van der Waals surface area contributed by atoms with Gasteiger partial charge in [0, 0.05) is 31.0 Å². The van der Waals surface area contributed by atoms with Crippen LogP contribution < -0.4 is 0 Å². The summed E-state index contributed by atoms with van der Waals surface area (Å²) in [6, 6.07) is 9.91. The van der Waals surface area contributed by atoms with Gasteiger partial charge in [-0.3, -0.25) is 14.5 Å². The van der Waals surface area contributed by atoms with Crippen molar-refractivity contribution >= 4 is 21.8 Å². The standard InChI is InChI=1S/C24H23F3N2O4S/c25-24(26,27)17-3-1-2-16(12-17)15-4-8-21(9-5-15)34(32,33)29-18-6-7-19(29)14-20(13-18)28-22(30)10-11-23(28)31/h1-5,8-9,12,18-20H,6-7,10-11,13-14H2. The highest BCUT2D eigenvalue weighted by Crippen LogP contribution is 2.42. The SMILES string of the molecule is O=C1CCC(=O)N1C1CC2CCC(C1)N2S(=O)(=O)c1ccc(-c2cccc(C(F)(F)F)c2)cc1. The van der Waals surface area contributed by atoms with E-state index in [1.807, 2.05) is 0 Å². The number of piperidine rings is 1. The lowest BCUT2D eigenvalue weighted by Crippen LogP contribution is -2.53. The molecule has 0 N–H and O–H groups in total. The van der Waals surface area contributed by atoms with E-state index in [0.717, 1.165) is 12.1 Å². The maximum atomic E-state index is 13.5. The number of imide groups is 1. The molecule has 6 nitrogen and oxygen atoms in total. The minimum atomic E-state index is -4.46. The monoisotopic (exact) mass is 492 g/mol. The molecule has 0 aliphatic carbocycles. The number of hydrogen-bond donors (Lipinski definition) is 0. The molecule has 0 aromatic heterocycles. The van der Waals surface area contributed by atoms with Gasteiger partial charge in [0.15, 0.2) is 0 Å². The van der Waals surface area contributed by atoms with Crippen molar-refractivity contribution in [3.63, 3.8) is 0 Å². The normalized spacial score (nSPS) is 25.9. The van der Waals surface area contributed by atoms with Gasteiger partial charge in [0.2, 0.25) is 21.8 Å². The molecule has 0 spiro atoms. The summed E-state index contributed by atoms with van der Waals surface area (Å²) >= 11 is 0. The average molecular weight is 493 g/mol. The molecular formula is C24H23F3N2O4S. The summed E-state index contributed by atoms with van der Waals surface area (Å²) in [6.07, 6.45) is -1.85. The number of hydrogen-bond acceptors (Lipinski definition) is 4. The Morgan fingerprint density at radius 3 is 1.94 bits per heavy atom. The second-order valence-corrected chi connectivity index (χ2v) is 10.9. The Hall–Kier alpha value is -2.72. The number of halogens is 3. The van der Waals surface area contributed by atoms with Crippen molar-refractivity contribution < 1.29 is 31.2 Å². The summed E-state index contributed by atoms with van der Waals surface area (Å²) in [5.41, 5.74) is 0.0634. The first-order valence-corrected chi connectivity index (χ1v) is 12.7. The minimum Gasteiger partial charge on any atom is -0.279 e. The highest BCUT2D eigenvalue weighted by molar-refractivity contribution is 7.89. The lowest BCUT2D eigenvalue weighted by Gasteiger charge is -2.40. The Morgan fingerprint density at radius 2 is 1.38 bits per heavy atom. The number of carbonyl (C=O) groups excluding carboxylic acids is 2. The molecule has 3 saturated heterocycles. The van der Waals surface area contributed by atoms with Crippen molar-refractivity contribution in [2.75, 3.05) is 0 Å². The smallest absolute Gasteiger partial charge is 0.279 e. The van der Waals surface area contributed by atoms with E-state index in [9.17, 15) is 31.2 Å². The van der Waals surface area contributed by atoms with E-state index >= 15 is 0 Å². The van der Waals surface area contributed by atoms with Gasteiger partial charge >= 0.3 is 6.18 Å². The van der Waals surface area contributed by atoms with E-state index in [0.29, 0.717) is 36.8 Å². The zero-order valence-electron chi connectivity index (χ0n) is 18.2. The van der Waals surface area contributed by atoms with Gasteiger partial charge in [0.1, 0.15) is 0 Å². The molecule has 0 radical (unpaired) electrons. The van der Waals surface area contributed by atoms with Crippen LogP contribution in [0.3, 0.4) is 0 Å². The summed E-state index contributed by atoms with van der Waals surface area (Å²) < 4.78 is 67.5. The topological polar surface area (TPSA) is 74.8 Å². The molecule has 2 aromatic carbocycles. The highest BCUT2D eigenvalue weighted by Gasteiger charge is 2.50. The van der Waals surface area contributed by atoms with Crippen LogP contribution in [-0.2, 0) is 25.8 Å². The van der Waals surface area contributed by atoms with Crippen LogP contribution in [0.1, 0.15) is 44.1 Å². The lowest BCUT2D eigenvalue weighted by atomic mass is 9.98. The number of likely N-dealkylation sites (tertiary alicyclic amines) is 1. The van der Waals surface area contributed by atoms with Gasteiger partial charge in [-0.15, -0.1) is 0 Å². The minimum absolute atomic E-state index is 0.0758. The van der Waals surface area contributed by atoms with Gasteiger partial charge in [-0.1, -0.05) is 24.3 Å². The number of amides is 2. The number of carbonyl (C=O) groups is 2. The van der Waals surface area contributed by atoms with Crippen LogP contribution in [0.25, 0.3) is 11.1 Å². The maximum absolute atomic E-state index is 13.5. The van der Waals surface area contributed by atoms with Crippen molar-refractivity contribution in [1.82, 2.24) is 9.21 Å². The average Bonchev–Trinajstić information content (AvgIpc) is 3.29. The van der Waals surface area contributed by atoms with Crippen LogP contribution in [0.4, 0.5) is 13.2 Å². The summed E-state index contributed by atoms with van der Waals surface area (Å²) in [4.78, 5) is 25.7. The van der Waals surface area contributed by atoms with Gasteiger partial charge < -0.3 is 0 Å². The molecule has 2 atom stereocenters. The largest absolute Gasteiger partial charge is 0.416 e. The van der Waals surface area contributed by atoms with Crippen LogP contribution in [0.2, 0.25) is 0 Å². The summed E-state index contributed by atoms with van der Waals surface area (Å²) in [5.74, 6) is -0.369. The number of benzene rings is 2. The van der Waals surface area contributed by atoms with Crippen molar-refractivity contribution in [3.05, 3.63) is 54.1 Å². The molecule has 34 heavy (non-hydrogen) atoms.